The molecular weight excluding hydrogens is 150 g/mol. The standard InChI is InChI=1S/C9H13N3/c10-9-5-7(2-4-12-9)8-1-3-11-6-8/h2,4-5,8,11H,1,3,6H2,(H2,10,12). The first kappa shape index (κ1) is 7.55. The maximum Gasteiger partial charge on any atom is 0.123 e. The lowest BCUT2D eigenvalue weighted by atomic mass is 10.00. The van der Waals surface area contributed by atoms with E-state index in [-0.39, 0.29) is 0 Å². The molecule has 1 fully saturated rings. The molecule has 1 aliphatic rings. The Hall–Kier alpha value is -1.09. The zero-order valence-electron chi connectivity index (χ0n) is 6.96. The second-order valence-corrected chi connectivity index (χ2v) is 3.20. The zero-order chi connectivity index (χ0) is 8.39. The van der Waals surface area contributed by atoms with E-state index in [4.69, 9.17) is 5.73 Å². The molecule has 0 radical (unpaired) electrons. The topological polar surface area (TPSA) is 50.9 Å². The van der Waals surface area contributed by atoms with Crippen LogP contribution in [0.3, 0.4) is 0 Å². The van der Waals surface area contributed by atoms with E-state index in [1.54, 1.807) is 6.20 Å². The molecule has 2 rings (SSSR count). The highest BCUT2D eigenvalue weighted by atomic mass is 14.9. The predicted molar refractivity (Wildman–Crippen MR) is 48.9 cm³/mol. The first-order valence-corrected chi connectivity index (χ1v) is 4.28. The average Bonchev–Trinajstić information content (AvgIpc) is 2.56. The fraction of sp³-hybridized carbons (Fsp3) is 0.444. The fourth-order valence-corrected chi connectivity index (χ4v) is 1.66. The Labute approximate surface area is 72.0 Å². The Kier molecular flexibility index (Phi) is 1.96. The lowest BCUT2D eigenvalue weighted by Crippen LogP contribution is -2.08. The Bertz CT molecular complexity index is 266. The number of hydrogen-bond acceptors (Lipinski definition) is 3. The van der Waals surface area contributed by atoms with Crippen molar-refractivity contribution in [1.82, 2.24) is 10.3 Å². The number of rotatable bonds is 1. The number of nitrogens with zero attached hydrogens (tertiary/aromatic N) is 1. The first-order valence-electron chi connectivity index (χ1n) is 4.28. The van der Waals surface area contributed by atoms with Crippen molar-refractivity contribution < 1.29 is 0 Å². The van der Waals surface area contributed by atoms with E-state index in [1.165, 1.54) is 12.0 Å². The molecule has 1 aromatic rings. The smallest absolute Gasteiger partial charge is 0.123 e. The van der Waals surface area contributed by atoms with Crippen molar-refractivity contribution >= 4 is 5.82 Å². The summed E-state index contributed by atoms with van der Waals surface area (Å²) in [6.07, 6.45) is 2.99. The van der Waals surface area contributed by atoms with Gasteiger partial charge in [-0.2, -0.15) is 0 Å². The van der Waals surface area contributed by atoms with Crippen LogP contribution in [0.15, 0.2) is 18.3 Å². The van der Waals surface area contributed by atoms with Gasteiger partial charge in [0.15, 0.2) is 0 Å². The highest BCUT2D eigenvalue weighted by Crippen LogP contribution is 2.22. The summed E-state index contributed by atoms with van der Waals surface area (Å²) in [6, 6.07) is 4.02. The molecule has 1 aromatic heterocycles. The molecule has 0 saturated carbocycles. The molecule has 3 heteroatoms. The van der Waals surface area contributed by atoms with Crippen molar-refractivity contribution in [2.75, 3.05) is 18.8 Å². The second-order valence-electron chi connectivity index (χ2n) is 3.20. The van der Waals surface area contributed by atoms with Crippen LogP contribution in [0.1, 0.15) is 17.9 Å². The molecule has 12 heavy (non-hydrogen) atoms. The maximum atomic E-state index is 5.59. The Morgan fingerprint density at radius 1 is 1.58 bits per heavy atom. The van der Waals surface area contributed by atoms with Crippen molar-refractivity contribution in [3.63, 3.8) is 0 Å². The normalized spacial score (nSPS) is 22.8. The van der Waals surface area contributed by atoms with Gasteiger partial charge in [0, 0.05) is 12.7 Å². The molecule has 3 N–H and O–H groups in total. The predicted octanol–water partition coefficient (Wildman–Crippen LogP) is 0.741. The van der Waals surface area contributed by atoms with Gasteiger partial charge < -0.3 is 11.1 Å². The number of nitrogens with two attached hydrogens (primary N) is 1. The zero-order valence-corrected chi connectivity index (χ0v) is 6.96. The van der Waals surface area contributed by atoms with E-state index >= 15 is 0 Å². The minimum atomic E-state index is 0.624. The van der Waals surface area contributed by atoms with Gasteiger partial charge in [0.25, 0.3) is 0 Å². The van der Waals surface area contributed by atoms with Crippen molar-refractivity contribution in [1.29, 1.82) is 0 Å². The van der Waals surface area contributed by atoms with E-state index in [2.05, 4.69) is 10.3 Å². The Morgan fingerprint density at radius 2 is 2.50 bits per heavy atom. The second kappa shape index (κ2) is 3.11. The molecule has 1 atom stereocenters. The third-order valence-corrected chi connectivity index (χ3v) is 2.34. The number of nitrogen functional groups attached to an aromatic ring is 1. The monoisotopic (exact) mass is 163 g/mol. The highest BCUT2D eigenvalue weighted by molar-refractivity contribution is 5.34. The van der Waals surface area contributed by atoms with Gasteiger partial charge in [-0.3, -0.25) is 0 Å². The lowest BCUT2D eigenvalue weighted by molar-refractivity contribution is 0.762. The van der Waals surface area contributed by atoms with Gasteiger partial charge >= 0.3 is 0 Å². The van der Waals surface area contributed by atoms with Gasteiger partial charge in [0.2, 0.25) is 0 Å². The summed E-state index contributed by atoms with van der Waals surface area (Å²) in [5.74, 6) is 1.26. The summed E-state index contributed by atoms with van der Waals surface area (Å²) in [5, 5.41) is 3.33. The minimum Gasteiger partial charge on any atom is -0.384 e. The Balaban J connectivity index is 2.21. The fourth-order valence-electron chi connectivity index (χ4n) is 1.66. The van der Waals surface area contributed by atoms with E-state index in [1.807, 2.05) is 12.1 Å². The van der Waals surface area contributed by atoms with Crippen molar-refractivity contribution in [3.05, 3.63) is 23.9 Å². The number of hydrogen-bond donors (Lipinski definition) is 2. The number of anilines is 1. The lowest BCUT2D eigenvalue weighted by Gasteiger charge is -2.07. The molecule has 0 aromatic carbocycles. The van der Waals surface area contributed by atoms with Gasteiger partial charge in [-0.05, 0) is 36.6 Å². The molecule has 3 nitrogen and oxygen atoms in total. The van der Waals surface area contributed by atoms with Crippen LogP contribution in [0.5, 0.6) is 0 Å². The number of pyridine rings is 1. The van der Waals surface area contributed by atoms with Crippen molar-refractivity contribution in [2.24, 2.45) is 0 Å². The first-order chi connectivity index (χ1) is 5.86. The molecule has 0 bridgehead atoms. The SMILES string of the molecule is Nc1cc(C2CCNC2)ccn1. The van der Waals surface area contributed by atoms with Crippen molar-refractivity contribution in [2.45, 2.75) is 12.3 Å². The summed E-state index contributed by atoms with van der Waals surface area (Å²) in [6.45, 7) is 2.19. The molecule has 0 amide bonds. The van der Waals surface area contributed by atoms with Crippen LogP contribution < -0.4 is 11.1 Å². The van der Waals surface area contributed by atoms with E-state index in [0.717, 1.165) is 13.1 Å². The molecule has 2 heterocycles. The summed E-state index contributed by atoms with van der Waals surface area (Å²) in [5.41, 5.74) is 6.91. The summed E-state index contributed by atoms with van der Waals surface area (Å²) in [7, 11) is 0. The molecule has 0 aliphatic carbocycles. The number of nitrogens with one attached hydrogen (secondary N) is 1. The maximum absolute atomic E-state index is 5.59. The molecule has 1 unspecified atom stereocenters. The number of aromatic nitrogens is 1. The summed E-state index contributed by atoms with van der Waals surface area (Å²) in [4.78, 5) is 3.97. The van der Waals surface area contributed by atoms with E-state index in [0.29, 0.717) is 11.7 Å². The van der Waals surface area contributed by atoms with Crippen LogP contribution in [0.4, 0.5) is 5.82 Å². The molecule has 1 aliphatic heterocycles. The minimum absolute atomic E-state index is 0.624. The van der Waals surface area contributed by atoms with Gasteiger partial charge in [-0.1, -0.05) is 0 Å². The van der Waals surface area contributed by atoms with E-state index in [9.17, 15) is 0 Å². The summed E-state index contributed by atoms with van der Waals surface area (Å²) < 4.78 is 0. The molecule has 64 valence electrons. The van der Waals surface area contributed by atoms with Crippen LogP contribution in [0.2, 0.25) is 0 Å². The van der Waals surface area contributed by atoms with E-state index < -0.39 is 0 Å². The molecule has 1 saturated heterocycles. The molecular formula is C9H13N3. The van der Waals surface area contributed by atoms with Gasteiger partial charge in [-0.25, -0.2) is 4.98 Å². The van der Waals surface area contributed by atoms with Crippen LogP contribution in [-0.2, 0) is 0 Å². The third-order valence-electron chi connectivity index (χ3n) is 2.34. The Morgan fingerprint density at radius 3 is 3.17 bits per heavy atom. The molecule has 0 spiro atoms. The van der Waals surface area contributed by atoms with Crippen molar-refractivity contribution in [3.8, 4) is 0 Å². The quantitative estimate of drug-likeness (QED) is 0.642. The highest BCUT2D eigenvalue weighted by Gasteiger charge is 2.16. The van der Waals surface area contributed by atoms with Gasteiger partial charge in [0.1, 0.15) is 5.82 Å². The summed E-state index contributed by atoms with van der Waals surface area (Å²) >= 11 is 0. The van der Waals surface area contributed by atoms with Crippen LogP contribution in [0.25, 0.3) is 0 Å². The average molecular weight is 163 g/mol. The third kappa shape index (κ3) is 1.41. The van der Waals surface area contributed by atoms with Gasteiger partial charge in [0.05, 0.1) is 0 Å². The van der Waals surface area contributed by atoms with Crippen LogP contribution in [-0.4, -0.2) is 18.1 Å². The largest absolute Gasteiger partial charge is 0.384 e. The van der Waals surface area contributed by atoms with Gasteiger partial charge in [-0.15, -0.1) is 0 Å². The van der Waals surface area contributed by atoms with Crippen LogP contribution >= 0.6 is 0 Å². The van der Waals surface area contributed by atoms with Crippen LogP contribution in [0, 0.1) is 0 Å².